The van der Waals surface area contributed by atoms with Crippen LogP contribution in [0.4, 0.5) is 0 Å². The van der Waals surface area contributed by atoms with E-state index in [9.17, 15) is 4.79 Å². The van der Waals surface area contributed by atoms with Crippen molar-refractivity contribution in [2.24, 2.45) is 7.05 Å². The van der Waals surface area contributed by atoms with Crippen LogP contribution in [-0.2, 0) is 7.05 Å². The second kappa shape index (κ2) is 7.29. The maximum absolute atomic E-state index is 13.6. The van der Waals surface area contributed by atoms with Gasteiger partial charge in [0.05, 0.1) is 16.8 Å². The molecule has 5 rings (SSSR count). The first-order valence-corrected chi connectivity index (χ1v) is 11.2. The lowest BCUT2D eigenvalue weighted by atomic mass is 9.97. The predicted octanol–water partition coefficient (Wildman–Crippen LogP) is 4.96. The first kappa shape index (κ1) is 18.9. The van der Waals surface area contributed by atoms with Crippen molar-refractivity contribution in [1.82, 2.24) is 14.8 Å². The van der Waals surface area contributed by atoms with Gasteiger partial charge in [0.2, 0.25) is 0 Å². The Hall–Kier alpha value is -2.11. The SMILES string of the molecule is CN1C2CCC1CC(NC(=O)c1c(-c3ccccc3)n(C)c3cc(Br)ccc13)C2. The van der Waals surface area contributed by atoms with Crippen molar-refractivity contribution < 1.29 is 4.79 Å². The van der Waals surface area contributed by atoms with E-state index >= 15 is 0 Å². The summed E-state index contributed by atoms with van der Waals surface area (Å²) < 4.78 is 3.16. The molecule has 0 spiro atoms. The van der Waals surface area contributed by atoms with Gasteiger partial charge in [0.15, 0.2) is 0 Å². The number of hydrogen-bond acceptors (Lipinski definition) is 2. The molecule has 4 nitrogen and oxygen atoms in total. The van der Waals surface area contributed by atoms with Crippen LogP contribution in [0.5, 0.6) is 0 Å². The molecule has 2 fully saturated rings. The fraction of sp³-hybridized carbons (Fsp3) is 0.375. The van der Waals surface area contributed by atoms with Crippen LogP contribution in [0.15, 0.2) is 53.0 Å². The molecule has 5 heteroatoms. The predicted molar refractivity (Wildman–Crippen MR) is 121 cm³/mol. The molecule has 1 N–H and O–H groups in total. The van der Waals surface area contributed by atoms with Crippen LogP contribution in [0.2, 0.25) is 0 Å². The minimum Gasteiger partial charge on any atom is -0.349 e. The Morgan fingerprint density at radius 3 is 2.41 bits per heavy atom. The molecular formula is C24H26BrN3O. The number of fused-ring (bicyclic) bond motifs is 3. The smallest absolute Gasteiger partial charge is 0.254 e. The summed E-state index contributed by atoms with van der Waals surface area (Å²) in [5, 5.41) is 4.40. The molecule has 0 aliphatic carbocycles. The molecule has 2 saturated heterocycles. The average Bonchev–Trinajstić information content (AvgIpc) is 3.10. The molecule has 1 amide bonds. The number of rotatable bonds is 3. The molecule has 2 unspecified atom stereocenters. The Balaban J connectivity index is 1.56. The molecule has 3 heterocycles. The normalized spacial score (nSPS) is 24.2. The van der Waals surface area contributed by atoms with Crippen molar-refractivity contribution in [3.63, 3.8) is 0 Å². The van der Waals surface area contributed by atoms with Crippen LogP contribution in [-0.4, -0.2) is 40.5 Å². The Bertz CT molecular complexity index is 1060. The van der Waals surface area contributed by atoms with Gasteiger partial charge in [0, 0.05) is 35.0 Å². The van der Waals surface area contributed by atoms with Crippen molar-refractivity contribution in [2.75, 3.05) is 7.05 Å². The summed E-state index contributed by atoms with van der Waals surface area (Å²) in [6, 6.07) is 17.9. The number of carbonyl (C=O) groups excluding carboxylic acids is 1. The van der Waals surface area contributed by atoms with E-state index < -0.39 is 0 Å². The van der Waals surface area contributed by atoms with E-state index in [1.54, 1.807) is 0 Å². The van der Waals surface area contributed by atoms with E-state index in [0.29, 0.717) is 12.1 Å². The number of piperidine rings is 1. The highest BCUT2D eigenvalue weighted by atomic mass is 79.9. The van der Waals surface area contributed by atoms with Gasteiger partial charge in [-0.15, -0.1) is 0 Å². The van der Waals surface area contributed by atoms with Gasteiger partial charge in [-0.2, -0.15) is 0 Å². The Labute approximate surface area is 180 Å². The van der Waals surface area contributed by atoms with E-state index in [1.165, 1.54) is 12.8 Å². The molecule has 1 aromatic heterocycles. The number of amides is 1. The van der Waals surface area contributed by atoms with Gasteiger partial charge in [0.25, 0.3) is 5.91 Å². The quantitative estimate of drug-likeness (QED) is 0.610. The monoisotopic (exact) mass is 451 g/mol. The van der Waals surface area contributed by atoms with Gasteiger partial charge >= 0.3 is 0 Å². The number of halogens is 1. The summed E-state index contributed by atoms with van der Waals surface area (Å²) in [7, 11) is 4.28. The Kier molecular flexibility index (Phi) is 4.75. The molecule has 2 atom stereocenters. The number of benzene rings is 2. The molecule has 2 bridgehead atoms. The van der Waals surface area contributed by atoms with Crippen molar-refractivity contribution in [2.45, 2.75) is 43.8 Å². The first-order valence-electron chi connectivity index (χ1n) is 10.4. The van der Waals surface area contributed by atoms with Crippen molar-refractivity contribution >= 4 is 32.7 Å². The third kappa shape index (κ3) is 3.21. The topological polar surface area (TPSA) is 37.3 Å². The lowest BCUT2D eigenvalue weighted by Crippen LogP contribution is -2.48. The van der Waals surface area contributed by atoms with Gasteiger partial charge in [-0.3, -0.25) is 4.79 Å². The van der Waals surface area contributed by atoms with Crippen LogP contribution >= 0.6 is 15.9 Å². The molecule has 0 saturated carbocycles. The maximum Gasteiger partial charge on any atom is 0.254 e. The van der Waals surface area contributed by atoms with E-state index in [0.717, 1.165) is 45.0 Å². The zero-order valence-electron chi connectivity index (χ0n) is 16.9. The molecule has 150 valence electrons. The van der Waals surface area contributed by atoms with Gasteiger partial charge in [-0.05, 0) is 50.4 Å². The molecular weight excluding hydrogens is 426 g/mol. The van der Waals surface area contributed by atoms with Gasteiger partial charge in [-0.25, -0.2) is 0 Å². The number of nitrogens with zero attached hydrogens (tertiary/aromatic N) is 2. The fourth-order valence-corrected chi connectivity index (χ4v) is 5.71. The maximum atomic E-state index is 13.6. The Morgan fingerprint density at radius 1 is 1.03 bits per heavy atom. The summed E-state index contributed by atoms with van der Waals surface area (Å²) in [4.78, 5) is 16.1. The number of aryl methyl sites for hydroxylation is 1. The summed E-state index contributed by atoms with van der Waals surface area (Å²) >= 11 is 3.58. The third-order valence-electron chi connectivity index (χ3n) is 6.87. The van der Waals surface area contributed by atoms with Crippen LogP contribution in [0.3, 0.4) is 0 Å². The molecule has 2 aliphatic heterocycles. The number of nitrogens with one attached hydrogen (secondary N) is 1. The first-order chi connectivity index (χ1) is 14.0. The molecule has 29 heavy (non-hydrogen) atoms. The van der Waals surface area contributed by atoms with Gasteiger partial charge < -0.3 is 14.8 Å². The third-order valence-corrected chi connectivity index (χ3v) is 7.36. The number of aromatic nitrogens is 1. The Morgan fingerprint density at radius 2 is 1.72 bits per heavy atom. The van der Waals surface area contributed by atoms with Crippen LogP contribution in [0.25, 0.3) is 22.2 Å². The van der Waals surface area contributed by atoms with E-state index in [-0.39, 0.29) is 11.9 Å². The van der Waals surface area contributed by atoms with Crippen LogP contribution in [0.1, 0.15) is 36.0 Å². The highest BCUT2D eigenvalue weighted by Gasteiger charge is 2.39. The van der Waals surface area contributed by atoms with Gasteiger partial charge in [-0.1, -0.05) is 52.3 Å². The lowest BCUT2D eigenvalue weighted by molar-refractivity contribution is 0.0884. The van der Waals surface area contributed by atoms with Gasteiger partial charge in [0.1, 0.15) is 0 Å². The molecule has 0 radical (unpaired) electrons. The van der Waals surface area contributed by atoms with Crippen molar-refractivity contribution in [1.29, 1.82) is 0 Å². The van der Waals surface area contributed by atoms with Crippen molar-refractivity contribution in [3.05, 3.63) is 58.6 Å². The number of hydrogen-bond donors (Lipinski definition) is 1. The number of carbonyl (C=O) groups is 1. The summed E-state index contributed by atoms with van der Waals surface area (Å²) in [5.74, 6) is 0.0470. The summed E-state index contributed by atoms with van der Waals surface area (Å²) in [6.45, 7) is 0. The standard InChI is InChI=1S/C24H26BrN3O/c1-27-18-9-10-19(27)14-17(13-18)26-24(29)22-20-11-8-16(25)12-21(20)28(2)23(22)15-6-4-3-5-7-15/h3-8,11-12,17-19H,9-10,13-14H2,1-2H3,(H,26,29). The van der Waals surface area contributed by atoms with Crippen molar-refractivity contribution in [3.8, 4) is 11.3 Å². The molecule has 3 aromatic rings. The largest absolute Gasteiger partial charge is 0.349 e. The van der Waals surface area contributed by atoms with Crippen LogP contribution in [0, 0.1) is 0 Å². The van der Waals surface area contributed by atoms with E-state index in [4.69, 9.17) is 0 Å². The minimum atomic E-state index is 0.0470. The highest BCUT2D eigenvalue weighted by molar-refractivity contribution is 9.10. The minimum absolute atomic E-state index is 0.0470. The van der Waals surface area contributed by atoms with E-state index in [2.05, 4.69) is 62.0 Å². The fourth-order valence-electron chi connectivity index (χ4n) is 5.36. The molecule has 2 aromatic carbocycles. The second-order valence-corrected chi connectivity index (χ2v) is 9.42. The van der Waals surface area contributed by atoms with Crippen LogP contribution < -0.4 is 5.32 Å². The second-order valence-electron chi connectivity index (χ2n) is 8.50. The summed E-state index contributed by atoms with van der Waals surface area (Å²) in [5.41, 5.74) is 3.89. The lowest BCUT2D eigenvalue weighted by Gasteiger charge is -2.36. The summed E-state index contributed by atoms with van der Waals surface area (Å²) in [6.07, 6.45) is 4.61. The average molecular weight is 452 g/mol. The van der Waals surface area contributed by atoms with E-state index in [1.807, 2.05) is 31.3 Å². The highest BCUT2D eigenvalue weighted by Crippen LogP contribution is 2.37. The molecule has 2 aliphatic rings. The zero-order valence-corrected chi connectivity index (χ0v) is 18.4. The zero-order chi connectivity index (χ0) is 20.1.